The smallest absolute Gasteiger partial charge is 0.175 e. The van der Waals surface area contributed by atoms with Gasteiger partial charge in [-0.25, -0.2) is 0 Å². The van der Waals surface area contributed by atoms with Gasteiger partial charge in [0.15, 0.2) is 11.5 Å². The largest absolute Gasteiger partial charge is 0.490 e. The lowest BCUT2D eigenvalue weighted by molar-refractivity contribution is 0.268. The number of para-hydroxylation sites is 1. The van der Waals surface area contributed by atoms with E-state index in [2.05, 4.69) is 75.6 Å². The lowest BCUT2D eigenvalue weighted by atomic mass is 10.1. The molecule has 0 aromatic heterocycles. The summed E-state index contributed by atoms with van der Waals surface area (Å²) in [5.74, 6) is 1.47. The topological polar surface area (TPSA) is 42.8 Å². The molecule has 5 heteroatoms. The fourth-order valence-corrected chi connectivity index (χ4v) is 4.11. The third kappa shape index (κ3) is 5.35. The molecule has 0 amide bonds. The van der Waals surface area contributed by atoms with Gasteiger partial charge in [-0.05, 0) is 75.7 Å². The van der Waals surface area contributed by atoms with Crippen LogP contribution in [0.3, 0.4) is 0 Å². The van der Waals surface area contributed by atoms with Crippen LogP contribution in [0.2, 0.25) is 0 Å². The molecular formula is C26H23IN2O2. The van der Waals surface area contributed by atoms with Gasteiger partial charge in [0, 0.05) is 0 Å². The number of anilines is 1. The molecule has 0 saturated carbocycles. The monoisotopic (exact) mass is 522 g/mol. The second-order valence-corrected chi connectivity index (χ2v) is 8.09. The molecule has 0 unspecified atom stereocenters. The first-order valence-corrected chi connectivity index (χ1v) is 11.2. The summed E-state index contributed by atoms with van der Waals surface area (Å²) in [6, 6.07) is 28.5. The Labute approximate surface area is 196 Å². The van der Waals surface area contributed by atoms with Crippen molar-refractivity contribution in [3.05, 3.63) is 99.6 Å². The molecule has 0 spiro atoms. The summed E-state index contributed by atoms with van der Waals surface area (Å²) in [6.07, 6.45) is 1.78. The van der Waals surface area contributed by atoms with Crippen molar-refractivity contribution in [1.29, 1.82) is 0 Å². The van der Waals surface area contributed by atoms with Gasteiger partial charge < -0.3 is 9.47 Å². The Morgan fingerprint density at radius 2 is 1.68 bits per heavy atom. The highest BCUT2D eigenvalue weighted by Gasteiger charge is 2.13. The van der Waals surface area contributed by atoms with Gasteiger partial charge in [-0.1, -0.05) is 60.7 Å². The number of nitrogens with one attached hydrogen (secondary N) is 1. The molecule has 0 aliphatic rings. The SMILES string of the molecule is CCOc1cc(C=NNc2ccccc2)cc(I)c1OCc1cccc2ccccc12. The molecule has 4 nitrogen and oxygen atoms in total. The second kappa shape index (κ2) is 10.3. The van der Waals surface area contributed by atoms with E-state index in [-0.39, 0.29) is 0 Å². The molecule has 0 fully saturated rings. The van der Waals surface area contributed by atoms with Crippen LogP contribution < -0.4 is 14.9 Å². The van der Waals surface area contributed by atoms with E-state index in [1.165, 1.54) is 10.8 Å². The van der Waals surface area contributed by atoms with E-state index in [0.29, 0.717) is 13.2 Å². The van der Waals surface area contributed by atoms with Crippen molar-refractivity contribution < 1.29 is 9.47 Å². The lowest BCUT2D eigenvalue weighted by Gasteiger charge is -2.15. The fraction of sp³-hybridized carbons (Fsp3) is 0.115. The highest BCUT2D eigenvalue weighted by atomic mass is 127. The van der Waals surface area contributed by atoms with Gasteiger partial charge in [0.2, 0.25) is 0 Å². The summed E-state index contributed by atoms with van der Waals surface area (Å²) in [6.45, 7) is 3.00. The molecule has 0 aliphatic carbocycles. The average molecular weight is 522 g/mol. The standard InChI is InChI=1S/C26H23IN2O2/c1-2-30-25-16-19(17-28-29-22-12-4-3-5-13-22)15-24(27)26(25)31-18-21-11-8-10-20-9-6-7-14-23(20)21/h3-17,29H,2,18H2,1H3. The van der Waals surface area contributed by atoms with E-state index >= 15 is 0 Å². The van der Waals surface area contributed by atoms with E-state index in [4.69, 9.17) is 9.47 Å². The number of ether oxygens (including phenoxy) is 2. The van der Waals surface area contributed by atoms with Crippen LogP contribution in [0.4, 0.5) is 5.69 Å². The maximum atomic E-state index is 6.25. The molecule has 0 atom stereocenters. The van der Waals surface area contributed by atoms with Crippen molar-refractivity contribution in [3.63, 3.8) is 0 Å². The third-order valence-corrected chi connectivity index (χ3v) is 5.57. The first-order valence-electron chi connectivity index (χ1n) is 10.1. The molecule has 1 N–H and O–H groups in total. The number of nitrogens with zero attached hydrogens (tertiary/aromatic N) is 1. The summed E-state index contributed by atoms with van der Waals surface area (Å²) < 4.78 is 13.1. The van der Waals surface area contributed by atoms with Crippen molar-refractivity contribution in [1.82, 2.24) is 0 Å². The van der Waals surface area contributed by atoms with E-state index in [1.807, 2.05) is 49.4 Å². The number of hydrazone groups is 1. The Hall–Kier alpha value is -3.06. The summed E-state index contributed by atoms with van der Waals surface area (Å²) in [4.78, 5) is 0. The van der Waals surface area contributed by atoms with Crippen LogP contribution in [0.25, 0.3) is 10.8 Å². The molecule has 4 aromatic rings. The van der Waals surface area contributed by atoms with Crippen LogP contribution in [-0.2, 0) is 6.61 Å². The van der Waals surface area contributed by atoms with Gasteiger partial charge in [0.05, 0.1) is 22.1 Å². The second-order valence-electron chi connectivity index (χ2n) is 6.93. The summed E-state index contributed by atoms with van der Waals surface area (Å²) in [7, 11) is 0. The summed E-state index contributed by atoms with van der Waals surface area (Å²) in [5.41, 5.74) is 6.06. The fourth-order valence-electron chi connectivity index (χ4n) is 3.33. The average Bonchev–Trinajstić information content (AvgIpc) is 2.79. The van der Waals surface area contributed by atoms with E-state index in [0.717, 1.165) is 31.9 Å². The van der Waals surface area contributed by atoms with Gasteiger partial charge in [-0.2, -0.15) is 5.10 Å². The minimum Gasteiger partial charge on any atom is -0.490 e. The van der Waals surface area contributed by atoms with Crippen LogP contribution in [0.1, 0.15) is 18.1 Å². The maximum Gasteiger partial charge on any atom is 0.175 e. The Kier molecular flexibility index (Phi) is 7.04. The van der Waals surface area contributed by atoms with Crippen LogP contribution in [0.15, 0.2) is 90.0 Å². The van der Waals surface area contributed by atoms with Crippen molar-refractivity contribution in [2.75, 3.05) is 12.0 Å². The maximum absolute atomic E-state index is 6.25. The van der Waals surface area contributed by atoms with E-state index in [9.17, 15) is 0 Å². The molecule has 0 radical (unpaired) electrons. The highest BCUT2D eigenvalue weighted by molar-refractivity contribution is 14.1. The van der Waals surface area contributed by atoms with Gasteiger partial charge in [-0.3, -0.25) is 5.43 Å². The first-order chi connectivity index (χ1) is 15.2. The Balaban J connectivity index is 1.54. The summed E-state index contributed by atoms with van der Waals surface area (Å²) >= 11 is 2.29. The minimum absolute atomic E-state index is 0.473. The molecule has 156 valence electrons. The molecule has 4 rings (SSSR count). The Morgan fingerprint density at radius 1 is 0.903 bits per heavy atom. The van der Waals surface area contributed by atoms with Crippen molar-refractivity contribution in [3.8, 4) is 11.5 Å². The number of fused-ring (bicyclic) bond motifs is 1. The van der Waals surface area contributed by atoms with E-state index < -0.39 is 0 Å². The van der Waals surface area contributed by atoms with E-state index in [1.54, 1.807) is 6.21 Å². The lowest BCUT2D eigenvalue weighted by Crippen LogP contribution is -2.03. The predicted molar refractivity (Wildman–Crippen MR) is 136 cm³/mol. The molecule has 0 aliphatic heterocycles. The number of rotatable bonds is 8. The van der Waals surface area contributed by atoms with Gasteiger partial charge >= 0.3 is 0 Å². The number of hydrogen-bond acceptors (Lipinski definition) is 4. The quantitative estimate of drug-likeness (QED) is 0.156. The normalized spacial score (nSPS) is 11.0. The molecule has 0 saturated heterocycles. The zero-order valence-electron chi connectivity index (χ0n) is 17.2. The van der Waals surface area contributed by atoms with Crippen molar-refractivity contribution >= 4 is 45.3 Å². The predicted octanol–water partition coefficient (Wildman–Crippen LogP) is 6.87. The van der Waals surface area contributed by atoms with Crippen molar-refractivity contribution in [2.24, 2.45) is 5.10 Å². The molecular weight excluding hydrogens is 499 g/mol. The molecule has 31 heavy (non-hydrogen) atoms. The van der Waals surface area contributed by atoms with Gasteiger partial charge in [-0.15, -0.1) is 0 Å². The third-order valence-electron chi connectivity index (χ3n) is 4.76. The zero-order chi connectivity index (χ0) is 21.5. The van der Waals surface area contributed by atoms with Crippen LogP contribution >= 0.6 is 22.6 Å². The number of halogens is 1. The Bertz CT molecular complexity index is 1190. The van der Waals surface area contributed by atoms with Gasteiger partial charge in [0.1, 0.15) is 6.61 Å². The minimum atomic E-state index is 0.473. The number of benzene rings is 4. The van der Waals surface area contributed by atoms with Crippen LogP contribution in [0, 0.1) is 3.57 Å². The van der Waals surface area contributed by atoms with Crippen molar-refractivity contribution in [2.45, 2.75) is 13.5 Å². The van der Waals surface area contributed by atoms with Gasteiger partial charge in [0.25, 0.3) is 0 Å². The molecule has 0 heterocycles. The number of hydrogen-bond donors (Lipinski definition) is 1. The molecule has 4 aromatic carbocycles. The summed E-state index contributed by atoms with van der Waals surface area (Å²) in [5, 5.41) is 6.75. The molecule has 0 bridgehead atoms. The van der Waals surface area contributed by atoms with Crippen LogP contribution in [0.5, 0.6) is 11.5 Å². The highest BCUT2D eigenvalue weighted by Crippen LogP contribution is 2.35. The Morgan fingerprint density at radius 3 is 2.52 bits per heavy atom. The first kappa shape index (κ1) is 21.2. The zero-order valence-corrected chi connectivity index (χ0v) is 19.4. The van der Waals surface area contributed by atoms with Crippen LogP contribution in [-0.4, -0.2) is 12.8 Å².